The third-order valence-electron chi connectivity index (χ3n) is 3.45. The molecule has 1 N–H and O–H groups in total. The molecule has 26 heavy (non-hydrogen) atoms. The van der Waals surface area contributed by atoms with E-state index in [4.69, 9.17) is 25.8 Å². The quantitative estimate of drug-likeness (QED) is 0.773. The van der Waals surface area contributed by atoms with Gasteiger partial charge in [0.25, 0.3) is 5.91 Å². The molecular formula is C18H17ClFNO5. The lowest BCUT2D eigenvalue weighted by Crippen LogP contribution is -2.30. The van der Waals surface area contributed by atoms with Crippen LogP contribution in [0.5, 0.6) is 11.5 Å². The Morgan fingerprint density at radius 1 is 1.15 bits per heavy atom. The van der Waals surface area contributed by atoms with Gasteiger partial charge in [-0.3, -0.25) is 4.79 Å². The fraction of sp³-hybridized carbons (Fsp3) is 0.222. The maximum absolute atomic E-state index is 13.6. The van der Waals surface area contributed by atoms with Crippen molar-refractivity contribution in [1.82, 2.24) is 0 Å². The first-order chi connectivity index (χ1) is 12.4. The Bertz CT molecular complexity index is 827. The fourth-order valence-electron chi connectivity index (χ4n) is 2.11. The number of esters is 1. The second-order valence-electron chi connectivity index (χ2n) is 5.21. The third kappa shape index (κ3) is 4.43. The van der Waals surface area contributed by atoms with Crippen LogP contribution < -0.4 is 14.8 Å². The summed E-state index contributed by atoms with van der Waals surface area (Å²) in [4.78, 5) is 24.4. The van der Waals surface area contributed by atoms with Crippen LogP contribution in [0.2, 0.25) is 5.02 Å². The van der Waals surface area contributed by atoms with Gasteiger partial charge in [-0.1, -0.05) is 23.7 Å². The molecule has 0 saturated heterocycles. The van der Waals surface area contributed by atoms with Gasteiger partial charge in [0, 0.05) is 0 Å². The lowest BCUT2D eigenvalue weighted by Gasteiger charge is -2.15. The fourth-order valence-corrected chi connectivity index (χ4v) is 2.40. The molecule has 0 saturated carbocycles. The van der Waals surface area contributed by atoms with E-state index < -0.39 is 23.8 Å². The summed E-state index contributed by atoms with van der Waals surface area (Å²) in [6.07, 6.45) is -1.16. The highest BCUT2D eigenvalue weighted by molar-refractivity contribution is 6.32. The first-order valence-corrected chi connectivity index (χ1v) is 7.93. The predicted molar refractivity (Wildman–Crippen MR) is 94.5 cm³/mol. The van der Waals surface area contributed by atoms with Gasteiger partial charge in [0.15, 0.2) is 17.6 Å². The van der Waals surface area contributed by atoms with Crippen molar-refractivity contribution in [2.24, 2.45) is 0 Å². The van der Waals surface area contributed by atoms with Crippen molar-refractivity contribution < 1.29 is 28.2 Å². The molecule has 8 heteroatoms. The molecule has 0 aliphatic rings. The van der Waals surface area contributed by atoms with Crippen LogP contribution in [0.3, 0.4) is 0 Å². The lowest BCUT2D eigenvalue weighted by atomic mass is 10.2. The highest BCUT2D eigenvalue weighted by Crippen LogP contribution is 2.36. The maximum Gasteiger partial charge on any atom is 0.339 e. The minimum atomic E-state index is -1.16. The van der Waals surface area contributed by atoms with Crippen LogP contribution in [-0.2, 0) is 9.53 Å². The summed E-state index contributed by atoms with van der Waals surface area (Å²) in [6.45, 7) is 1.37. The van der Waals surface area contributed by atoms with Crippen LogP contribution in [0, 0.1) is 5.82 Å². The number of carbonyl (C=O) groups excluding carboxylic acids is 2. The summed E-state index contributed by atoms with van der Waals surface area (Å²) in [5, 5.41) is 2.51. The van der Waals surface area contributed by atoms with Gasteiger partial charge in [-0.15, -0.1) is 0 Å². The van der Waals surface area contributed by atoms with Crippen molar-refractivity contribution in [2.45, 2.75) is 13.0 Å². The number of carbonyl (C=O) groups is 2. The molecule has 0 aromatic heterocycles. The van der Waals surface area contributed by atoms with Crippen molar-refractivity contribution >= 4 is 29.2 Å². The third-order valence-corrected chi connectivity index (χ3v) is 3.73. The number of benzene rings is 2. The molecule has 2 aromatic rings. The van der Waals surface area contributed by atoms with E-state index in [2.05, 4.69) is 5.32 Å². The number of hydrogen-bond acceptors (Lipinski definition) is 5. The molecule has 2 aromatic carbocycles. The topological polar surface area (TPSA) is 73.9 Å². The average Bonchev–Trinajstić information content (AvgIpc) is 2.62. The number of rotatable bonds is 6. The SMILES string of the molecule is COc1cc(C(=O)O[C@H](C)C(=O)Nc2ccccc2F)cc(Cl)c1OC. The Kier molecular flexibility index (Phi) is 6.41. The number of nitrogens with one attached hydrogen (secondary N) is 1. The van der Waals surface area contributed by atoms with E-state index in [1.807, 2.05) is 0 Å². The Morgan fingerprint density at radius 3 is 2.46 bits per heavy atom. The van der Waals surface area contributed by atoms with Gasteiger partial charge in [0.2, 0.25) is 0 Å². The summed E-state index contributed by atoms with van der Waals surface area (Å²) in [6, 6.07) is 8.39. The summed E-state index contributed by atoms with van der Waals surface area (Å²) in [5.74, 6) is -1.53. The van der Waals surface area contributed by atoms with E-state index in [0.717, 1.165) is 0 Å². The van der Waals surface area contributed by atoms with Crippen LogP contribution in [0.15, 0.2) is 36.4 Å². The molecule has 0 aliphatic carbocycles. The summed E-state index contributed by atoms with van der Waals surface area (Å²) < 4.78 is 28.9. The Labute approximate surface area is 154 Å². The molecule has 1 amide bonds. The Hall–Kier alpha value is -2.80. The van der Waals surface area contributed by atoms with Crippen LogP contribution in [0.4, 0.5) is 10.1 Å². The number of hydrogen-bond donors (Lipinski definition) is 1. The second kappa shape index (κ2) is 8.53. The van der Waals surface area contributed by atoms with Gasteiger partial charge in [-0.05, 0) is 31.2 Å². The first-order valence-electron chi connectivity index (χ1n) is 7.55. The number of anilines is 1. The standard InChI is InChI=1S/C18H17ClFNO5/c1-10(17(22)21-14-7-5-4-6-13(14)20)26-18(23)11-8-12(19)16(25-3)15(9-11)24-2/h4-10H,1-3H3,(H,21,22)/t10-/m1/s1. The minimum Gasteiger partial charge on any atom is -0.493 e. The Balaban J connectivity index is 2.10. The van der Waals surface area contributed by atoms with E-state index in [9.17, 15) is 14.0 Å². The number of halogens is 2. The highest BCUT2D eigenvalue weighted by atomic mass is 35.5. The normalized spacial score (nSPS) is 11.4. The molecule has 138 valence electrons. The first kappa shape index (κ1) is 19.5. The van der Waals surface area contributed by atoms with Crippen molar-refractivity contribution in [3.8, 4) is 11.5 Å². The molecular weight excluding hydrogens is 365 g/mol. The summed E-state index contributed by atoms with van der Waals surface area (Å²) >= 11 is 6.05. The molecule has 6 nitrogen and oxygen atoms in total. The van der Waals surface area contributed by atoms with Crippen molar-refractivity contribution in [3.63, 3.8) is 0 Å². The zero-order valence-electron chi connectivity index (χ0n) is 14.3. The van der Waals surface area contributed by atoms with Crippen molar-refractivity contribution in [3.05, 3.63) is 52.8 Å². The van der Waals surface area contributed by atoms with Crippen molar-refractivity contribution in [1.29, 1.82) is 0 Å². The van der Waals surface area contributed by atoms with Gasteiger partial charge in [-0.25, -0.2) is 9.18 Å². The molecule has 0 bridgehead atoms. The van der Waals surface area contributed by atoms with E-state index in [0.29, 0.717) is 0 Å². The largest absolute Gasteiger partial charge is 0.493 e. The molecule has 0 aliphatic heterocycles. The zero-order chi connectivity index (χ0) is 19.3. The number of amides is 1. The maximum atomic E-state index is 13.6. The van der Waals surface area contributed by atoms with E-state index >= 15 is 0 Å². The van der Waals surface area contributed by atoms with Gasteiger partial charge < -0.3 is 19.5 Å². The van der Waals surface area contributed by atoms with Gasteiger partial charge in [-0.2, -0.15) is 0 Å². The summed E-state index contributed by atoms with van der Waals surface area (Å²) in [5.41, 5.74) is 0.0766. The minimum absolute atomic E-state index is 0.00504. The molecule has 0 spiro atoms. The molecule has 0 unspecified atom stereocenters. The van der Waals surface area contributed by atoms with Gasteiger partial charge in [0.1, 0.15) is 5.82 Å². The Morgan fingerprint density at radius 2 is 1.85 bits per heavy atom. The summed E-state index contributed by atoms with van der Waals surface area (Å²) in [7, 11) is 2.81. The molecule has 0 heterocycles. The second-order valence-corrected chi connectivity index (χ2v) is 5.62. The number of ether oxygens (including phenoxy) is 3. The monoisotopic (exact) mass is 381 g/mol. The van der Waals surface area contributed by atoms with Crippen LogP contribution in [0.1, 0.15) is 17.3 Å². The predicted octanol–water partition coefficient (Wildman–Crippen LogP) is 3.68. The molecule has 2 rings (SSSR count). The molecule has 0 fully saturated rings. The van der Waals surface area contributed by atoms with Crippen molar-refractivity contribution in [2.75, 3.05) is 19.5 Å². The van der Waals surface area contributed by atoms with Gasteiger partial charge in [0.05, 0.1) is 30.5 Å². The lowest BCUT2D eigenvalue weighted by molar-refractivity contribution is -0.123. The smallest absolute Gasteiger partial charge is 0.339 e. The van der Waals surface area contributed by atoms with Crippen LogP contribution in [0.25, 0.3) is 0 Å². The number of para-hydroxylation sites is 1. The highest BCUT2D eigenvalue weighted by Gasteiger charge is 2.22. The number of methoxy groups -OCH3 is 2. The van der Waals surface area contributed by atoms with Crippen LogP contribution in [-0.4, -0.2) is 32.2 Å². The average molecular weight is 382 g/mol. The van der Waals surface area contributed by atoms with E-state index in [-0.39, 0.29) is 27.8 Å². The van der Waals surface area contributed by atoms with E-state index in [1.165, 1.54) is 51.5 Å². The van der Waals surface area contributed by atoms with Gasteiger partial charge >= 0.3 is 5.97 Å². The van der Waals surface area contributed by atoms with Crippen LogP contribution >= 0.6 is 11.6 Å². The zero-order valence-corrected chi connectivity index (χ0v) is 15.1. The molecule has 0 radical (unpaired) electrons. The van der Waals surface area contributed by atoms with E-state index in [1.54, 1.807) is 6.07 Å². The molecule has 1 atom stereocenters.